The Morgan fingerprint density at radius 3 is 2.59 bits per heavy atom. The lowest BCUT2D eigenvalue weighted by atomic mass is 10.1. The molecule has 1 fully saturated rings. The zero-order chi connectivity index (χ0) is 20.0. The molecule has 0 radical (unpaired) electrons. The topological polar surface area (TPSA) is 78.2 Å². The van der Waals surface area contributed by atoms with Crippen LogP contribution in [-0.2, 0) is 9.53 Å². The van der Waals surface area contributed by atoms with Crippen LogP contribution in [0, 0.1) is 32.1 Å². The number of thioether (sulfide) groups is 1. The molecular formula is C20H30N4O2S. The molecule has 7 heteroatoms. The van der Waals surface area contributed by atoms with Gasteiger partial charge in [-0.3, -0.25) is 9.69 Å². The highest BCUT2D eigenvalue weighted by molar-refractivity contribution is 8.00. The zero-order valence-electron chi connectivity index (χ0n) is 17.0. The molecule has 1 saturated heterocycles. The maximum absolute atomic E-state index is 12.1. The summed E-state index contributed by atoms with van der Waals surface area (Å²) in [4.78, 5) is 19.0. The summed E-state index contributed by atoms with van der Waals surface area (Å²) in [5, 5.41) is 13.0. The lowest BCUT2D eigenvalue weighted by Gasteiger charge is -2.35. The average Bonchev–Trinajstić information content (AvgIpc) is 2.61. The Hall–Kier alpha value is -1.62. The van der Waals surface area contributed by atoms with E-state index < -0.39 is 0 Å². The number of nitriles is 1. The van der Waals surface area contributed by atoms with E-state index in [-0.39, 0.29) is 23.9 Å². The van der Waals surface area contributed by atoms with Gasteiger partial charge in [-0.25, -0.2) is 4.98 Å². The molecular weight excluding hydrogens is 360 g/mol. The summed E-state index contributed by atoms with van der Waals surface area (Å²) in [6, 6.07) is 2.22. The highest BCUT2D eigenvalue weighted by atomic mass is 32.2. The fourth-order valence-electron chi connectivity index (χ4n) is 3.33. The van der Waals surface area contributed by atoms with Crippen molar-refractivity contribution in [1.29, 1.82) is 5.26 Å². The maximum Gasteiger partial charge on any atom is 0.230 e. The number of aromatic nitrogens is 1. The quantitative estimate of drug-likeness (QED) is 0.569. The summed E-state index contributed by atoms with van der Waals surface area (Å²) < 4.78 is 5.73. The molecule has 1 aromatic heterocycles. The van der Waals surface area contributed by atoms with Crippen molar-refractivity contribution in [2.45, 2.75) is 58.3 Å². The van der Waals surface area contributed by atoms with Crippen LogP contribution >= 0.6 is 11.8 Å². The molecule has 2 heterocycles. The van der Waals surface area contributed by atoms with Crippen molar-refractivity contribution in [1.82, 2.24) is 15.2 Å². The van der Waals surface area contributed by atoms with E-state index in [4.69, 9.17) is 4.74 Å². The Balaban J connectivity index is 1.75. The van der Waals surface area contributed by atoms with E-state index in [0.29, 0.717) is 17.1 Å². The molecule has 0 saturated carbocycles. The van der Waals surface area contributed by atoms with Crippen molar-refractivity contribution in [2.75, 3.05) is 31.9 Å². The molecule has 1 aromatic rings. The van der Waals surface area contributed by atoms with Gasteiger partial charge < -0.3 is 10.1 Å². The molecule has 6 nitrogen and oxygen atoms in total. The van der Waals surface area contributed by atoms with E-state index in [1.54, 1.807) is 0 Å². The van der Waals surface area contributed by atoms with E-state index in [0.717, 1.165) is 42.9 Å². The second-order valence-electron chi connectivity index (χ2n) is 7.25. The molecule has 2 atom stereocenters. The first-order valence-corrected chi connectivity index (χ1v) is 10.5. The van der Waals surface area contributed by atoms with Crippen molar-refractivity contribution < 1.29 is 9.53 Å². The number of aryl methyl sites for hydroxylation is 1. The molecule has 148 valence electrons. The van der Waals surface area contributed by atoms with Crippen molar-refractivity contribution in [3.05, 3.63) is 22.4 Å². The zero-order valence-corrected chi connectivity index (χ0v) is 17.8. The summed E-state index contributed by atoms with van der Waals surface area (Å²) in [6.45, 7) is 13.5. The number of carbonyl (C=O) groups excluding carboxylic acids is 1. The van der Waals surface area contributed by atoms with Crippen LogP contribution in [0.2, 0.25) is 0 Å². The van der Waals surface area contributed by atoms with Gasteiger partial charge in [0, 0.05) is 31.9 Å². The monoisotopic (exact) mass is 390 g/mol. The minimum atomic E-state index is -0.0229. The number of hydrogen-bond acceptors (Lipinski definition) is 6. The third kappa shape index (κ3) is 6.20. The molecule has 0 bridgehead atoms. The van der Waals surface area contributed by atoms with Crippen LogP contribution in [0.15, 0.2) is 5.03 Å². The number of nitrogens with one attached hydrogen (secondary N) is 1. The lowest BCUT2D eigenvalue weighted by molar-refractivity contribution is -0.118. The molecule has 0 spiro atoms. The highest BCUT2D eigenvalue weighted by Gasteiger charge is 2.21. The standard InChI is InChI=1S/C20H30N4O2S/c1-13-10-24(11-14(2)26-13)8-6-7-22-19(25)12-27-20-18(9-21)16(4)15(3)17(5)23-20/h13-14H,6-8,10-12H2,1-5H3,(H,22,25). The predicted molar refractivity (Wildman–Crippen MR) is 108 cm³/mol. The normalized spacial score (nSPS) is 20.3. The number of rotatable bonds is 7. The SMILES string of the molecule is Cc1nc(SCC(=O)NCCCN2CC(C)OC(C)C2)c(C#N)c(C)c1C. The molecule has 0 aliphatic carbocycles. The van der Waals surface area contributed by atoms with Gasteiger partial charge in [-0.2, -0.15) is 5.26 Å². The molecule has 2 rings (SSSR count). The minimum absolute atomic E-state index is 0.0229. The molecule has 27 heavy (non-hydrogen) atoms. The molecule has 1 N–H and O–H groups in total. The van der Waals surface area contributed by atoms with Gasteiger partial charge in [0.25, 0.3) is 0 Å². The largest absolute Gasteiger partial charge is 0.373 e. The first-order valence-electron chi connectivity index (χ1n) is 9.47. The number of pyridine rings is 1. The van der Waals surface area contributed by atoms with E-state index in [9.17, 15) is 10.1 Å². The minimum Gasteiger partial charge on any atom is -0.373 e. The van der Waals surface area contributed by atoms with Gasteiger partial charge in [0.1, 0.15) is 11.1 Å². The summed E-state index contributed by atoms with van der Waals surface area (Å²) in [5.74, 6) is 0.250. The molecule has 2 unspecified atom stereocenters. The van der Waals surface area contributed by atoms with Gasteiger partial charge in [0.15, 0.2) is 0 Å². The van der Waals surface area contributed by atoms with Gasteiger partial charge in [-0.1, -0.05) is 11.8 Å². The summed E-state index contributed by atoms with van der Waals surface area (Å²) in [5.41, 5.74) is 3.46. The van der Waals surface area contributed by atoms with E-state index in [2.05, 4.69) is 35.1 Å². The van der Waals surface area contributed by atoms with Crippen LogP contribution in [-0.4, -0.2) is 59.9 Å². The van der Waals surface area contributed by atoms with E-state index in [1.165, 1.54) is 11.8 Å². The van der Waals surface area contributed by atoms with Crippen LogP contribution in [0.3, 0.4) is 0 Å². The van der Waals surface area contributed by atoms with Crippen molar-refractivity contribution in [2.24, 2.45) is 0 Å². The lowest BCUT2D eigenvalue weighted by Crippen LogP contribution is -2.46. The van der Waals surface area contributed by atoms with E-state index in [1.807, 2.05) is 20.8 Å². The fraction of sp³-hybridized carbons (Fsp3) is 0.650. The average molecular weight is 391 g/mol. The predicted octanol–water partition coefficient (Wildman–Crippen LogP) is 2.59. The van der Waals surface area contributed by atoms with Crippen molar-refractivity contribution >= 4 is 17.7 Å². The third-order valence-electron chi connectivity index (χ3n) is 4.88. The Morgan fingerprint density at radius 1 is 1.30 bits per heavy atom. The first kappa shape index (κ1) is 21.7. The Labute approximate surface area is 166 Å². The highest BCUT2D eigenvalue weighted by Crippen LogP contribution is 2.26. The van der Waals surface area contributed by atoms with Gasteiger partial charge in [0.2, 0.25) is 5.91 Å². The number of nitrogens with zero attached hydrogens (tertiary/aromatic N) is 3. The molecule has 1 aliphatic rings. The van der Waals surface area contributed by atoms with Gasteiger partial charge in [-0.15, -0.1) is 0 Å². The van der Waals surface area contributed by atoms with Gasteiger partial charge in [-0.05, 0) is 52.2 Å². The Kier molecular flexibility index (Phi) is 8.08. The van der Waals surface area contributed by atoms with Crippen LogP contribution < -0.4 is 5.32 Å². The summed E-state index contributed by atoms with van der Waals surface area (Å²) >= 11 is 1.33. The van der Waals surface area contributed by atoms with Gasteiger partial charge >= 0.3 is 0 Å². The fourth-order valence-corrected chi connectivity index (χ4v) is 4.24. The van der Waals surface area contributed by atoms with Crippen LogP contribution in [0.5, 0.6) is 0 Å². The summed E-state index contributed by atoms with van der Waals surface area (Å²) in [6.07, 6.45) is 1.45. The number of carbonyl (C=O) groups is 1. The van der Waals surface area contributed by atoms with E-state index >= 15 is 0 Å². The number of morpholine rings is 1. The van der Waals surface area contributed by atoms with Crippen LogP contribution in [0.4, 0.5) is 0 Å². The van der Waals surface area contributed by atoms with Crippen molar-refractivity contribution in [3.63, 3.8) is 0 Å². The van der Waals surface area contributed by atoms with Crippen LogP contribution in [0.1, 0.15) is 42.7 Å². The number of amides is 1. The molecule has 1 aliphatic heterocycles. The Morgan fingerprint density at radius 2 is 1.96 bits per heavy atom. The first-order chi connectivity index (χ1) is 12.8. The number of ether oxygens (including phenoxy) is 1. The summed E-state index contributed by atoms with van der Waals surface area (Å²) in [7, 11) is 0. The van der Waals surface area contributed by atoms with Gasteiger partial charge in [0.05, 0.1) is 23.5 Å². The Bertz CT molecular complexity index is 707. The third-order valence-corrected chi connectivity index (χ3v) is 5.86. The number of hydrogen-bond donors (Lipinski definition) is 1. The second kappa shape index (κ2) is 10.1. The van der Waals surface area contributed by atoms with Crippen LogP contribution in [0.25, 0.3) is 0 Å². The van der Waals surface area contributed by atoms with Crippen molar-refractivity contribution in [3.8, 4) is 6.07 Å². The molecule has 0 aromatic carbocycles. The smallest absolute Gasteiger partial charge is 0.230 e. The maximum atomic E-state index is 12.1. The second-order valence-corrected chi connectivity index (χ2v) is 8.21. The molecule has 1 amide bonds.